The van der Waals surface area contributed by atoms with E-state index in [0.717, 1.165) is 28.6 Å². The summed E-state index contributed by atoms with van der Waals surface area (Å²) in [6.07, 6.45) is 1.66. The Morgan fingerprint density at radius 3 is 2.67 bits per heavy atom. The Morgan fingerprint density at radius 2 is 1.96 bits per heavy atom. The molecule has 0 fully saturated rings. The molecule has 4 heteroatoms. The summed E-state index contributed by atoms with van der Waals surface area (Å²) in [6, 6.07) is 16.0. The van der Waals surface area contributed by atoms with Gasteiger partial charge >= 0.3 is 6.09 Å². The molecule has 1 heterocycles. The Hall–Kier alpha value is -1.81. The van der Waals surface area contributed by atoms with E-state index in [4.69, 9.17) is 4.74 Å². The average Bonchev–Trinajstić information content (AvgIpc) is 2.60. The fourth-order valence-corrected chi connectivity index (χ4v) is 3.83. The van der Waals surface area contributed by atoms with Gasteiger partial charge in [0.25, 0.3) is 0 Å². The van der Waals surface area contributed by atoms with Crippen LogP contribution in [-0.2, 0) is 17.8 Å². The molecule has 0 N–H and O–H groups in total. The van der Waals surface area contributed by atoms with Crippen molar-refractivity contribution in [2.75, 3.05) is 4.90 Å². The molecule has 0 bridgehead atoms. The highest BCUT2D eigenvalue weighted by Crippen LogP contribution is 2.37. The zero-order chi connectivity index (χ0) is 17.1. The molecule has 2 aromatic carbocycles. The highest BCUT2D eigenvalue weighted by molar-refractivity contribution is 9.10. The molecule has 3 nitrogen and oxygen atoms in total. The van der Waals surface area contributed by atoms with Gasteiger partial charge in [-0.3, -0.25) is 4.90 Å². The maximum Gasteiger partial charge on any atom is 0.414 e. The third-order valence-corrected chi connectivity index (χ3v) is 5.29. The van der Waals surface area contributed by atoms with Gasteiger partial charge in [-0.25, -0.2) is 4.79 Å². The zero-order valence-corrected chi connectivity index (χ0v) is 15.6. The maximum absolute atomic E-state index is 12.8. The van der Waals surface area contributed by atoms with Crippen molar-refractivity contribution in [3.8, 4) is 0 Å². The topological polar surface area (TPSA) is 29.5 Å². The van der Waals surface area contributed by atoms with Crippen LogP contribution in [0.15, 0.2) is 53.0 Å². The van der Waals surface area contributed by atoms with Crippen LogP contribution >= 0.6 is 15.9 Å². The quantitative estimate of drug-likeness (QED) is 0.689. The lowest BCUT2D eigenvalue weighted by Crippen LogP contribution is -2.46. The Balaban J connectivity index is 1.85. The lowest BCUT2D eigenvalue weighted by Gasteiger charge is -2.39. The molecule has 0 saturated carbocycles. The minimum atomic E-state index is -0.267. The van der Waals surface area contributed by atoms with Crippen molar-refractivity contribution in [3.63, 3.8) is 0 Å². The van der Waals surface area contributed by atoms with Crippen LogP contribution in [0.4, 0.5) is 10.5 Å². The molecule has 1 aliphatic rings. The summed E-state index contributed by atoms with van der Waals surface area (Å²) in [5, 5.41) is 0. The van der Waals surface area contributed by atoms with Gasteiger partial charge in [-0.05, 0) is 42.0 Å². The van der Waals surface area contributed by atoms with E-state index in [1.165, 1.54) is 5.56 Å². The highest BCUT2D eigenvalue weighted by atomic mass is 79.9. The lowest BCUT2D eigenvalue weighted by atomic mass is 9.89. The molecule has 0 saturated heterocycles. The number of amides is 1. The smallest absolute Gasteiger partial charge is 0.414 e. The number of hydrogen-bond acceptors (Lipinski definition) is 2. The standard InChI is InChI=1S/C20H22BrNO2/c1-14(2)18-12-11-16-17(21)9-6-10-19(16)22(18)20(23)24-13-15-7-4-3-5-8-15/h3-10,14,18H,11-13H2,1-2H3. The van der Waals surface area contributed by atoms with E-state index in [1.54, 1.807) is 0 Å². The Labute approximate surface area is 151 Å². The Bertz CT molecular complexity index is 715. The fraction of sp³-hybridized carbons (Fsp3) is 0.350. The molecule has 1 atom stereocenters. The normalized spacial score (nSPS) is 16.8. The van der Waals surface area contributed by atoms with Crippen LogP contribution in [0.25, 0.3) is 0 Å². The number of carbonyl (C=O) groups is 1. The van der Waals surface area contributed by atoms with E-state index < -0.39 is 0 Å². The summed E-state index contributed by atoms with van der Waals surface area (Å²) in [5.41, 5.74) is 3.15. The van der Waals surface area contributed by atoms with Crippen molar-refractivity contribution in [2.45, 2.75) is 39.3 Å². The first-order valence-corrected chi connectivity index (χ1v) is 9.14. The molecule has 24 heavy (non-hydrogen) atoms. The lowest BCUT2D eigenvalue weighted by molar-refractivity contribution is 0.141. The minimum absolute atomic E-state index is 0.162. The molecule has 1 amide bonds. The molecule has 1 unspecified atom stereocenters. The predicted octanol–water partition coefficient (Wildman–Crippen LogP) is 5.56. The Kier molecular flexibility index (Phi) is 5.24. The molecule has 0 radical (unpaired) electrons. The summed E-state index contributed by atoms with van der Waals surface area (Å²) in [7, 11) is 0. The van der Waals surface area contributed by atoms with Crippen LogP contribution in [-0.4, -0.2) is 12.1 Å². The van der Waals surface area contributed by atoms with Crippen LogP contribution < -0.4 is 4.90 Å². The molecule has 0 aromatic heterocycles. The summed E-state index contributed by atoms with van der Waals surface area (Å²) >= 11 is 3.61. The minimum Gasteiger partial charge on any atom is -0.444 e. The maximum atomic E-state index is 12.8. The summed E-state index contributed by atoms with van der Waals surface area (Å²) in [6.45, 7) is 4.61. The van der Waals surface area contributed by atoms with Gasteiger partial charge in [-0.15, -0.1) is 0 Å². The monoisotopic (exact) mass is 387 g/mol. The van der Waals surface area contributed by atoms with Crippen molar-refractivity contribution in [1.29, 1.82) is 0 Å². The molecule has 0 aliphatic carbocycles. The Morgan fingerprint density at radius 1 is 1.21 bits per heavy atom. The van der Waals surface area contributed by atoms with Gasteiger partial charge < -0.3 is 4.74 Å². The van der Waals surface area contributed by atoms with Gasteiger partial charge in [0.1, 0.15) is 6.61 Å². The number of hydrogen-bond donors (Lipinski definition) is 0. The van der Waals surface area contributed by atoms with Crippen LogP contribution in [0, 0.1) is 5.92 Å². The van der Waals surface area contributed by atoms with Crippen molar-refractivity contribution >= 4 is 27.7 Å². The first-order valence-electron chi connectivity index (χ1n) is 8.35. The fourth-order valence-electron chi connectivity index (χ4n) is 3.27. The van der Waals surface area contributed by atoms with Crippen LogP contribution in [0.5, 0.6) is 0 Å². The second-order valence-corrected chi connectivity index (χ2v) is 7.35. The number of carbonyl (C=O) groups excluding carboxylic acids is 1. The van der Waals surface area contributed by atoms with E-state index >= 15 is 0 Å². The van der Waals surface area contributed by atoms with Crippen LogP contribution in [0.3, 0.4) is 0 Å². The van der Waals surface area contributed by atoms with Crippen molar-refractivity contribution in [2.24, 2.45) is 5.92 Å². The second kappa shape index (κ2) is 7.39. The molecule has 126 valence electrons. The van der Waals surface area contributed by atoms with Gasteiger partial charge in [0.2, 0.25) is 0 Å². The second-order valence-electron chi connectivity index (χ2n) is 6.50. The third-order valence-electron chi connectivity index (χ3n) is 4.55. The van der Waals surface area contributed by atoms with Crippen molar-refractivity contribution < 1.29 is 9.53 Å². The summed E-state index contributed by atoms with van der Waals surface area (Å²) in [5.74, 6) is 0.376. The SMILES string of the molecule is CC(C)C1CCc2c(Br)cccc2N1C(=O)OCc1ccccc1. The van der Waals surface area contributed by atoms with E-state index in [-0.39, 0.29) is 12.1 Å². The summed E-state index contributed by atoms with van der Waals surface area (Å²) < 4.78 is 6.67. The van der Waals surface area contributed by atoms with E-state index in [1.807, 2.05) is 53.4 Å². The molecule has 1 aliphatic heterocycles. The first-order chi connectivity index (χ1) is 11.6. The third kappa shape index (κ3) is 3.48. The molecule has 0 spiro atoms. The van der Waals surface area contributed by atoms with Gasteiger partial charge in [0, 0.05) is 10.5 Å². The highest BCUT2D eigenvalue weighted by Gasteiger charge is 2.34. The average molecular weight is 388 g/mol. The van der Waals surface area contributed by atoms with Crippen molar-refractivity contribution in [3.05, 3.63) is 64.1 Å². The molecular formula is C20H22BrNO2. The molecule has 3 rings (SSSR count). The van der Waals surface area contributed by atoms with Gasteiger partial charge in [0.05, 0.1) is 5.69 Å². The van der Waals surface area contributed by atoms with Gasteiger partial charge in [-0.1, -0.05) is 66.2 Å². The van der Waals surface area contributed by atoms with Crippen molar-refractivity contribution in [1.82, 2.24) is 0 Å². The zero-order valence-electron chi connectivity index (χ0n) is 14.0. The number of halogens is 1. The molecule has 2 aromatic rings. The van der Waals surface area contributed by atoms with Gasteiger partial charge in [-0.2, -0.15) is 0 Å². The largest absolute Gasteiger partial charge is 0.444 e. The summed E-state index contributed by atoms with van der Waals surface area (Å²) in [4.78, 5) is 14.7. The first kappa shape index (κ1) is 17.0. The predicted molar refractivity (Wildman–Crippen MR) is 100 cm³/mol. The molecular weight excluding hydrogens is 366 g/mol. The van der Waals surface area contributed by atoms with Crippen LogP contribution in [0.2, 0.25) is 0 Å². The van der Waals surface area contributed by atoms with Gasteiger partial charge in [0.15, 0.2) is 0 Å². The number of nitrogens with zero attached hydrogens (tertiary/aromatic N) is 1. The van der Waals surface area contributed by atoms with Crippen LogP contribution in [0.1, 0.15) is 31.4 Å². The number of ether oxygens (including phenoxy) is 1. The number of anilines is 1. The number of benzene rings is 2. The van der Waals surface area contributed by atoms with E-state index in [9.17, 15) is 4.79 Å². The number of rotatable bonds is 3. The van der Waals surface area contributed by atoms with E-state index in [0.29, 0.717) is 12.5 Å². The number of fused-ring (bicyclic) bond motifs is 1. The van der Waals surface area contributed by atoms with E-state index in [2.05, 4.69) is 29.8 Å².